The summed E-state index contributed by atoms with van der Waals surface area (Å²) in [7, 11) is 0. The van der Waals surface area contributed by atoms with E-state index in [0.29, 0.717) is 17.4 Å². The summed E-state index contributed by atoms with van der Waals surface area (Å²) in [5.74, 6) is -0.0201. The third-order valence-electron chi connectivity index (χ3n) is 2.73. The van der Waals surface area contributed by atoms with Gasteiger partial charge in [0.15, 0.2) is 5.11 Å². The van der Waals surface area contributed by atoms with Gasteiger partial charge < -0.3 is 5.32 Å². The molecule has 2 rings (SSSR count). The molecule has 1 aromatic heterocycles. The SMILES string of the molecule is CCCN1C(=O)C(=Cc2ccc(CC)s2)NC1=S. The second-order valence-electron chi connectivity index (χ2n) is 4.10. The molecule has 0 atom stereocenters. The highest BCUT2D eigenvalue weighted by atomic mass is 32.1. The Morgan fingerprint density at radius 3 is 2.83 bits per heavy atom. The van der Waals surface area contributed by atoms with Crippen molar-refractivity contribution >= 4 is 40.7 Å². The monoisotopic (exact) mass is 280 g/mol. The first-order valence-corrected chi connectivity index (χ1v) is 7.31. The molecule has 0 spiro atoms. The van der Waals surface area contributed by atoms with Crippen LogP contribution in [0.4, 0.5) is 0 Å². The number of thiophene rings is 1. The average Bonchev–Trinajstić information content (AvgIpc) is 2.90. The Kier molecular flexibility index (Phi) is 4.14. The largest absolute Gasteiger partial charge is 0.328 e. The van der Waals surface area contributed by atoms with Crippen molar-refractivity contribution in [2.45, 2.75) is 26.7 Å². The van der Waals surface area contributed by atoms with Crippen LogP contribution in [0.25, 0.3) is 6.08 Å². The van der Waals surface area contributed by atoms with Crippen molar-refractivity contribution in [3.05, 3.63) is 27.6 Å². The minimum atomic E-state index is -0.0201. The summed E-state index contributed by atoms with van der Waals surface area (Å²) in [5, 5.41) is 3.50. The molecule has 18 heavy (non-hydrogen) atoms. The van der Waals surface area contributed by atoms with E-state index in [1.807, 2.05) is 19.1 Å². The Bertz CT molecular complexity index is 505. The van der Waals surface area contributed by atoms with E-state index < -0.39 is 0 Å². The maximum atomic E-state index is 12.1. The molecule has 0 bridgehead atoms. The average molecular weight is 280 g/mol. The maximum absolute atomic E-state index is 12.1. The van der Waals surface area contributed by atoms with Crippen molar-refractivity contribution in [3.8, 4) is 0 Å². The number of carbonyl (C=O) groups is 1. The molecule has 0 saturated carbocycles. The number of nitrogens with zero attached hydrogens (tertiary/aromatic N) is 1. The lowest BCUT2D eigenvalue weighted by molar-refractivity contribution is -0.122. The van der Waals surface area contributed by atoms with Crippen molar-refractivity contribution in [2.75, 3.05) is 6.54 Å². The molecule has 1 aliphatic rings. The quantitative estimate of drug-likeness (QED) is 0.680. The van der Waals surface area contributed by atoms with Gasteiger partial charge in [0.25, 0.3) is 5.91 Å². The topological polar surface area (TPSA) is 32.3 Å². The Hall–Kier alpha value is -1.20. The van der Waals surface area contributed by atoms with Gasteiger partial charge in [0.1, 0.15) is 5.70 Å². The summed E-state index contributed by atoms with van der Waals surface area (Å²) in [6.45, 7) is 4.83. The number of nitrogens with one attached hydrogen (secondary N) is 1. The standard InChI is InChI=1S/C13H16N2OS2/c1-3-7-15-12(16)11(14-13(15)17)8-10-6-5-9(4-2)18-10/h5-6,8H,3-4,7H2,1-2H3,(H,14,17). The van der Waals surface area contributed by atoms with Crippen molar-refractivity contribution < 1.29 is 4.79 Å². The first kappa shape index (κ1) is 13.2. The van der Waals surface area contributed by atoms with E-state index in [2.05, 4.69) is 18.3 Å². The van der Waals surface area contributed by atoms with Crippen LogP contribution in [0.3, 0.4) is 0 Å². The predicted octanol–water partition coefficient (Wildman–Crippen LogP) is 2.78. The van der Waals surface area contributed by atoms with Gasteiger partial charge in [0.2, 0.25) is 0 Å². The maximum Gasteiger partial charge on any atom is 0.276 e. The van der Waals surface area contributed by atoms with Gasteiger partial charge in [-0.3, -0.25) is 9.69 Å². The fourth-order valence-electron chi connectivity index (χ4n) is 1.80. The summed E-state index contributed by atoms with van der Waals surface area (Å²) >= 11 is 6.87. The van der Waals surface area contributed by atoms with Crippen LogP contribution in [0.2, 0.25) is 0 Å². The zero-order valence-electron chi connectivity index (χ0n) is 10.5. The van der Waals surface area contributed by atoms with Crippen molar-refractivity contribution in [1.29, 1.82) is 0 Å². The normalized spacial score (nSPS) is 17.7. The van der Waals surface area contributed by atoms with E-state index in [0.717, 1.165) is 17.7 Å². The summed E-state index contributed by atoms with van der Waals surface area (Å²) in [6.07, 6.45) is 3.81. The Balaban J connectivity index is 2.19. The van der Waals surface area contributed by atoms with E-state index >= 15 is 0 Å². The van der Waals surface area contributed by atoms with Gasteiger partial charge in [-0.2, -0.15) is 0 Å². The highest BCUT2D eigenvalue weighted by Gasteiger charge is 2.29. The van der Waals surface area contributed by atoms with Gasteiger partial charge in [0, 0.05) is 16.3 Å². The molecule has 0 unspecified atom stereocenters. The molecule has 3 nitrogen and oxygen atoms in total. The van der Waals surface area contributed by atoms with Gasteiger partial charge >= 0.3 is 0 Å². The number of rotatable bonds is 4. The molecular weight excluding hydrogens is 264 g/mol. The highest BCUT2D eigenvalue weighted by Crippen LogP contribution is 2.21. The highest BCUT2D eigenvalue weighted by molar-refractivity contribution is 7.80. The molecule has 1 amide bonds. The molecular formula is C13H16N2OS2. The van der Waals surface area contributed by atoms with Crippen LogP contribution in [0.1, 0.15) is 30.0 Å². The van der Waals surface area contributed by atoms with Gasteiger partial charge in [-0.1, -0.05) is 13.8 Å². The number of hydrogen-bond donors (Lipinski definition) is 1. The molecule has 1 saturated heterocycles. The van der Waals surface area contributed by atoms with Crippen LogP contribution < -0.4 is 5.32 Å². The second kappa shape index (κ2) is 5.63. The van der Waals surface area contributed by atoms with Crippen LogP contribution in [-0.4, -0.2) is 22.5 Å². The molecule has 1 aromatic rings. The van der Waals surface area contributed by atoms with Crippen LogP contribution in [0, 0.1) is 0 Å². The van der Waals surface area contributed by atoms with Crippen LogP contribution >= 0.6 is 23.6 Å². The molecule has 2 heterocycles. The number of amides is 1. The Labute approximate surface area is 116 Å². The first-order valence-electron chi connectivity index (χ1n) is 6.09. The van der Waals surface area contributed by atoms with E-state index in [1.165, 1.54) is 4.88 Å². The number of thiocarbonyl (C=S) groups is 1. The van der Waals surface area contributed by atoms with Crippen molar-refractivity contribution in [2.24, 2.45) is 0 Å². The van der Waals surface area contributed by atoms with E-state index in [4.69, 9.17) is 12.2 Å². The molecule has 0 aliphatic carbocycles. The smallest absolute Gasteiger partial charge is 0.276 e. The van der Waals surface area contributed by atoms with E-state index in [-0.39, 0.29) is 5.91 Å². The van der Waals surface area contributed by atoms with Crippen molar-refractivity contribution in [1.82, 2.24) is 10.2 Å². The molecule has 1 N–H and O–H groups in total. The zero-order chi connectivity index (χ0) is 13.1. The van der Waals surface area contributed by atoms with Crippen LogP contribution in [0.5, 0.6) is 0 Å². The third-order valence-corrected chi connectivity index (χ3v) is 4.23. The Morgan fingerprint density at radius 2 is 2.22 bits per heavy atom. The Morgan fingerprint density at radius 1 is 1.44 bits per heavy atom. The van der Waals surface area contributed by atoms with Gasteiger partial charge in [-0.25, -0.2) is 0 Å². The lowest BCUT2D eigenvalue weighted by Gasteiger charge is -2.11. The molecule has 5 heteroatoms. The number of hydrogen-bond acceptors (Lipinski definition) is 3. The first-order chi connectivity index (χ1) is 8.65. The van der Waals surface area contributed by atoms with E-state index in [1.54, 1.807) is 16.2 Å². The minimum Gasteiger partial charge on any atom is -0.328 e. The fraction of sp³-hybridized carbons (Fsp3) is 0.385. The van der Waals surface area contributed by atoms with Crippen molar-refractivity contribution in [3.63, 3.8) is 0 Å². The second-order valence-corrected chi connectivity index (χ2v) is 5.69. The molecule has 96 valence electrons. The van der Waals surface area contributed by atoms with E-state index in [9.17, 15) is 4.79 Å². The lowest BCUT2D eigenvalue weighted by Crippen LogP contribution is -2.31. The molecule has 0 aromatic carbocycles. The molecule has 1 fully saturated rings. The summed E-state index contributed by atoms with van der Waals surface area (Å²) in [5.41, 5.74) is 0.581. The fourth-order valence-corrected chi connectivity index (χ4v) is 2.98. The molecule has 0 radical (unpaired) electrons. The van der Waals surface area contributed by atoms with Gasteiger partial charge in [-0.15, -0.1) is 11.3 Å². The van der Waals surface area contributed by atoms with Crippen LogP contribution in [-0.2, 0) is 11.2 Å². The third kappa shape index (κ3) is 2.62. The van der Waals surface area contributed by atoms with Gasteiger partial charge in [0.05, 0.1) is 0 Å². The zero-order valence-corrected chi connectivity index (χ0v) is 12.2. The minimum absolute atomic E-state index is 0.0201. The number of carbonyl (C=O) groups excluding carboxylic acids is 1. The molecule has 1 aliphatic heterocycles. The lowest BCUT2D eigenvalue weighted by atomic mass is 10.3. The number of aryl methyl sites for hydroxylation is 1. The van der Waals surface area contributed by atoms with Crippen LogP contribution in [0.15, 0.2) is 17.8 Å². The summed E-state index contributed by atoms with van der Waals surface area (Å²) in [6, 6.07) is 4.13. The summed E-state index contributed by atoms with van der Waals surface area (Å²) in [4.78, 5) is 16.1. The predicted molar refractivity (Wildman–Crippen MR) is 79.4 cm³/mol. The van der Waals surface area contributed by atoms with Gasteiger partial charge in [-0.05, 0) is 43.3 Å². The summed E-state index contributed by atoms with van der Waals surface area (Å²) < 4.78 is 0.